The Morgan fingerprint density at radius 2 is 2.15 bits per heavy atom. The van der Waals surface area contributed by atoms with Gasteiger partial charge in [0.25, 0.3) is 5.91 Å². The maximum absolute atomic E-state index is 12.9. The third-order valence-electron chi connectivity index (χ3n) is 5.95. The van der Waals surface area contributed by atoms with Gasteiger partial charge in [-0.2, -0.15) is 0 Å². The van der Waals surface area contributed by atoms with Crippen molar-refractivity contribution in [1.82, 2.24) is 19.8 Å². The lowest BCUT2D eigenvalue weighted by atomic mass is 9.62. The lowest BCUT2D eigenvalue weighted by Crippen LogP contribution is -2.45. The molecule has 136 valence electrons. The van der Waals surface area contributed by atoms with Crippen molar-refractivity contribution in [2.45, 2.75) is 25.8 Å². The molecule has 6 heteroatoms. The van der Waals surface area contributed by atoms with E-state index in [1.54, 1.807) is 12.4 Å². The van der Waals surface area contributed by atoms with Gasteiger partial charge in [0.05, 0.1) is 5.92 Å². The molecule has 2 aromatic rings. The summed E-state index contributed by atoms with van der Waals surface area (Å²) in [5.41, 5.74) is 1.62. The van der Waals surface area contributed by atoms with Gasteiger partial charge in [-0.3, -0.25) is 14.6 Å². The number of hydrogen-bond donors (Lipinski definition) is 1. The smallest absolute Gasteiger partial charge is 0.270 e. The molecule has 26 heavy (non-hydrogen) atoms. The van der Waals surface area contributed by atoms with Crippen LogP contribution in [0.4, 0.5) is 0 Å². The van der Waals surface area contributed by atoms with Gasteiger partial charge in [0.1, 0.15) is 5.69 Å². The Kier molecular flexibility index (Phi) is 4.26. The van der Waals surface area contributed by atoms with E-state index in [1.165, 1.54) is 0 Å². The van der Waals surface area contributed by atoms with Gasteiger partial charge < -0.3 is 14.8 Å². The number of carbonyl (C=O) groups excluding carboxylic acids is 2. The van der Waals surface area contributed by atoms with E-state index in [4.69, 9.17) is 0 Å². The highest BCUT2D eigenvalue weighted by molar-refractivity contribution is 5.94. The second-order valence-corrected chi connectivity index (χ2v) is 7.54. The number of aryl methyl sites for hydroxylation is 1. The summed E-state index contributed by atoms with van der Waals surface area (Å²) >= 11 is 0. The predicted molar refractivity (Wildman–Crippen MR) is 97.2 cm³/mol. The summed E-state index contributed by atoms with van der Waals surface area (Å²) in [7, 11) is 1.88. The highest BCUT2D eigenvalue weighted by atomic mass is 16.2. The van der Waals surface area contributed by atoms with Crippen LogP contribution < -0.4 is 5.32 Å². The van der Waals surface area contributed by atoms with Gasteiger partial charge in [-0.1, -0.05) is 12.5 Å². The molecule has 1 aliphatic heterocycles. The molecule has 0 radical (unpaired) electrons. The first-order valence-electron chi connectivity index (χ1n) is 9.16. The number of nitrogens with zero attached hydrogens (tertiary/aromatic N) is 3. The van der Waals surface area contributed by atoms with Gasteiger partial charge >= 0.3 is 0 Å². The van der Waals surface area contributed by atoms with E-state index in [2.05, 4.69) is 10.3 Å². The maximum atomic E-state index is 12.9. The fourth-order valence-corrected chi connectivity index (χ4v) is 4.28. The van der Waals surface area contributed by atoms with Crippen LogP contribution in [0.25, 0.3) is 0 Å². The summed E-state index contributed by atoms with van der Waals surface area (Å²) in [6.07, 6.45) is 8.54. The van der Waals surface area contributed by atoms with Crippen molar-refractivity contribution >= 4 is 11.8 Å². The van der Waals surface area contributed by atoms with Gasteiger partial charge in [-0.05, 0) is 36.6 Å². The molecule has 1 unspecified atom stereocenters. The molecule has 1 saturated carbocycles. The standard InChI is InChI=1S/C20H24N4O2/c1-23-10-3-6-17(23)19(26)24-13-16(20(14-24)7-4-8-20)18(25)22-12-15-5-2-9-21-11-15/h2-3,5-6,9-11,16H,4,7-8,12-14H2,1H3,(H,22,25). The number of pyridine rings is 1. The van der Waals surface area contributed by atoms with Crippen LogP contribution >= 0.6 is 0 Å². The Morgan fingerprint density at radius 1 is 1.31 bits per heavy atom. The minimum atomic E-state index is -0.128. The Hall–Kier alpha value is -2.63. The average molecular weight is 352 g/mol. The van der Waals surface area contributed by atoms with E-state index in [0.29, 0.717) is 25.3 Å². The second-order valence-electron chi connectivity index (χ2n) is 7.54. The lowest BCUT2D eigenvalue weighted by Gasteiger charge is -2.41. The molecular weight excluding hydrogens is 328 g/mol. The van der Waals surface area contributed by atoms with Gasteiger partial charge in [0.2, 0.25) is 5.91 Å². The van der Waals surface area contributed by atoms with Crippen molar-refractivity contribution in [3.63, 3.8) is 0 Å². The van der Waals surface area contributed by atoms with E-state index >= 15 is 0 Å². The Bertz CT molecular complexity index is 810. The van der Waals surface area contributed by atoms with E-state index in [9.17, 15) is 9.59 Å². The molecule has 2 amide bonds. The van der Waals surface area contributed by atoms with Gasteiger partial charge in [-0.25, -0.2) is 0 Å². The number of amides is 2. The van der Waals surface area contributed by atoms with E-state index in [1.807, 2.05) is 47.0 Å². The zero-order valence-corrected chi connectivity index (χ0v) is 15.0. The largest absolute Gasteiger partial charge is 0.352 e. The first-order valence-corrected chi connectivity index (χ1v) is 9.16. The normalized spacial score (nSPS) is 20.8. The van der Waals surface area contributed by atoms with Gasteiger partial charge in [0.15, 0.2) is 0 Å². The number of rotatable bonds is 4. The summed E-state index contributed by atoms with van der Waals surface area (Å²) in [6.45, 7) is 1.66. The van der Waals surface area contributed by atoms with Crippen molar-refractivity contribution in [3.8, 4) is 0 Å². The van der Waals surface area contributed by atoms with Crippen LogP contribution in [0.3, 0.4) is 0 Å². The minimum Gasteiger partial charge on any atom is -0.352 e. The van der Waals surface area contributed by atoms with Crippen LogP contribution in [-0.2, 0) is 18.4 Å². The predicted octanol–water partition coefficient (Wildman–Crippen LogP) is 1.98. The molecule has 2 fully saturated rings. The highest BCUT2D eigenvalue weighted by Crippen LogP contribution is 2.52. The molecule has 1 N–H and O–H groups in total. The van der Waals surface area contributed by atoms with Gasteiger partial charge in [0, 0.05) is 50.7 Å². The zero-order chi connectivity index (χ0) is 18.1. The minimum absolute atomic E-state index is 0.0198. The second kappa shape index (κ2) is 6.59. The number of carbonyl (C=O) groups is 2. The summed E-state index contributed by atoms with van der Waals surface area (Å²) in [5, 5.41) is 3.05. The van der Waals surface area contributed by atoms with Crippen LogP contribution in [0.1, 0.15) is 35.3 Å². The SMILES string of the molecule is Cn1cccc1C(=O)N1CC(C(=O)NCc2cccnc2)C2(CCC2)C1. The van der Waals surface area contributed by atoms with Crippen molar-refractivity contribution in [1.29, 1.82) is 0 Å². The molecule has 0 bridgehead atoms. The number of hydrogen-bond acceptors (Lipinski definition) is 3. The number of nitrogens with one attached hydrogen (secondary N) is 1. The molecular formula is C20H24N4O2. The fraction of sp³-hybridized carbons (Fsp3) is 0.450. The molecule has 3 heterocycles. The molecule has 2 aliphatic rings. The number of aromatic nitrogens is 2. The van der Waals surface area contributed by atoms with E-state index in [-0.39, 0.29) is 23.1 Å². The highest BCUT2D eigenvalue weighted by Gasteiger charge is 2.54. The Labute approximate surface area is 153 Å². The van der Waals surface area contributed by atoms with Crippen LogP contribution in [0, 0.1) is 11.3 Å². The van der Waals surface area contributed by atoms with Crippen molar-refractivity contribution in [2.24, 2.45) is 18.4 Å². The first-order chi connectivity index (χ1) is 12.6. The summed E-state index contributed by atoms with van der Waals surface area (Å²) in [4.78, 5) is 31.7. The van der Waals surface area contributed by atoms with Crippen LogP contribution in [-0.4, -0.2) is 39.4 Å². The summed E-state index contributed by atoms with van der Waals surface area (Å²) < 4.78 is 1.84. The molecule has 1 atom stereocenters. The van der Waals surface area contributed by atoms with Crippen molar-refractivity contribution in [3.05, 3.63) is 54.1 Å². The first kappa shape index (κ1) is 16.8. The quantitative estimate of drug-likeness (QED) is 0.915. The molecule has 6 nitrogen and oxygen atoms in total. The Balaban J connectivity index is 1.46. The van der Waals surface area contributed by atoms with Crippen LogP contribution in [0.15, 0.2) is 42.9 Å². The summed E-state index contributed by atoms with van der Waals surface area (Å²) in [5.74, 6) is -0.0563. The third-order valence-corrected chi connectivity index (χ3v) is 5.95. The molecule has 2 aromatic heterocycles. The molecule has 1 saturated heterocycles. The van der Waals surface area contributed by atoms with Crippen LogP contribution in [0.2, 0.25) is 0 Å². The van der Waals surface area contributed by atoms with Crippen LogP contribution in [0.5, 0.6) is 0 Å². The Morgan fingerprint density at radius 3 is 2.77 bits per heavy atom. The molecule has 4 rings (SSSR count). The van der Waals surface area contributed by atoms with Crippen molar-refractivity contribution in [2.75, 3.05) is 13.1 Å². The zero-order valence-electron chi connectivity index (χ0n) is 15.0. The van der Waals surface area contributed by atoms with Crippen molar-refractivity contribution < 1.29 is 9.59 Å². The summed E-state index contributed by atoms with van der Waals surface area (Å²) in [6, 6.07) is 7.53. The van der Waals surface area contributed by atoms with Gasteiger partial charge in [-0.15, -0.1) is 0 Å². The number of likely N-dealkylation sites (tertiary alicyclic amines) is 1. The molecule has 1 spiro atoms. The average Bonchev–Trinajstić information content (AvgIpc) is 3.24. The monoisotopic (exact) mass is 352 g/mol. The molecule has 0 aromatic carbocycles. The third kappa shape index (κ3) is 2.89. The lowest BCUT2D eigenvalue weighted by molar-refractivity contribution is -0.129. The fourth-order valence-electron chi connectivity index (χ4n) is 4.28. The maximum Gasteiger partial charge on any atom is 0.270 e. The van der Waals surface area contributed by atoms with E-state index in [0.717, 1.165) is 24.8 Å². The van der Waals surface area contributed by atoms with E-state index < -0.39 is 0 Å². The molecule has 1 aliphatic carbocycles. The topological polar surface area (TPSA) is 67.2 Å².